The van der Waals surface area contributed by atoms with Crippen molar-refractivity contribution in [2.45, 2.75) is 45.8 Å². The van der Waals surface area contributed by atoms with Crippen molar-refractivity contribution in [2.24, 2.45) is 5.41 Å². The van der Waals surface area contributed by atoms with E-state index < -0.39 is 0 Å². The van der Waals surface area contributed by atoms with E-state index in [2.05, 4.69) is 13.8 Å². The highest BCUT2D eigenvalue weighted by atomic mass is 35.5. The molecule has 0 unspecified atom stereocenters. The van der Waals surface area contributed by atoms with Gasteiger partial charge in [0, 0.05) is 22.4 Å². The highest BCUT2D eigenvalue weighted by molar-refractivity contribution is 6.36. The predicted octanol–water partition coefficient (Wildman–Crippen LogP) is 5.14. The van der Waals surface area contributed by atoms with Crippen LogP contribution in [-0.4, -0.2) is 25.3 Å². The number of benzene rings is 1. The number of rotatable bonds is 6. The van der Waals surface area contributed by atoms with Crippen LogP contribution in [0.2, 0.25) is 10.0 Å². The summed E-state index contributed by atoms with van der Waals surface area (Å²) in [6, 6.07) is 4.97. The summed E-state index contributed by atoms with van der Waals surface area (Å²) < 4.78 is 11.3. The zero-order chi connectivity index (χ0) is 16.2. The van der Waals surface area contributed by atoms with Gasteiger partial charge in [-0.2, -0.15) is 0 Å². The molecule has 0 aromatic heterocycles. The van der Waals surface area contributed by atoms with Gasteiger partial charge in [0.25, 0.3) is 0 Å². The fourth-order valence-corrected chi connectivity index (χ4v) is 2.85. The van der Waals surface area contributed by atoms with Gasteiger partial charge in [-0.25, -0.2) is 0 Å². The maximum absolute atomic E-state index is 12.1. The van der Waals surface area contributed by atoms with Crippen LogP contribution in [0.25, 0.3) is 0 Å². The first-order valence-electron chi connectivity index (χ1n) is 7.59. The minimum Gasteiger partial charge on any atom is -0.352 e. The van der Waals surface area contributed by atoms with Crippen molar-refractivity contribution in [2.75, 3.05) is 13.2 Å². The molecule has 1 saturated heterocycles. The molecule has 0 N–H and O–H groups in total. The van der Waals surface area contributed by atoms with E-state index in [4.69, 9.17) is 32.7 Å². The zero-order valence-corrected chi connectivity index (χ0v) is 14.5. The van der Waals surface area contributed by atoms with E-state index in [-0.39, 0.29) is 17.5 Å². The monoisotopic (exact) mass is 344 g/mol. The standard InChI is InChI=1S/C17H22Cl2O3/c1-17(2)10-21-16(22-11-17)6-4-3-5-15(20)13-8-7-12(18)9-14(13)19/h7-9,16H,3-6,10-11H2,1-2H3. The van der Waals surface area contributed by atoms with Crippen LogP contribution >= 0.6 is 23.2 Å². The van der Waals surface area contributed by atoms with Crippen LogP contribution in [-0.2, 0) is 9.47 Å². The molecule has 0 radical (unpaired) electrons. The molecular formula is C17H22Cl2O3. The van der Waals surface area contributed by atoms with Crippen molar-refractivity contribution in [1.29, 1.82) is 0 Å². The zero-order valence-electron chi connectivity index (χ0n) is 13.0. The van der Waals surface area contributed by atoms with Crippen molar-refractivity contribution in [1.82, 2.24) is 0 Å². The van der Waals surface area contributed by atoms with Gasteiger partial charge in [-0.3, -0.25) is 4.79 Å². The summed E-state index contributed by atoms with van der Waals surface area (Å²) in [7, 11) is 0. The Morgan fingerprint density at radius 1 is 1.23 bits per heavy atom. The van der Waals surface area contributed by atoms with Crippen LogP contribution in [0.15, 0.2) is 18.2 Å². The van der Waals surface area contributed by atoms with Gasteiger partial charge in [0.15, 0.2) is 12.1 Å². The lowest BCUT2D eigenvalue weighted by molar-refractivity contribution is -0.224. The first-order valence-corrected chi connectivity index (χ1v) is 8.34. The average Bonchev–Trinajstić information content (AvgIpc) is 2.44. The van der Waals surface area contributed by atoms with Crippen molar-refractivity contribution in [3.63, 3.8) is 0 Å². The molecule has 2 rings (SSSR count). The molecule has 22 heavy (non-hydrogen) atoms. The number of ketones is 1. The molecule has 122 valence electrons. The van der Waals surface area contributed by atoms with Gasteiger partial charge in [-0.05, 0) is 37.5 Å². The second kappa shape index (κ2) is 7.78. The first kappa shape index (κ1) is 17.7. The second-order valence-electron chi connectivity index (χ2n) is 6.51. The molecule has 0 spiro atoms. The molecule has 1 fully saturated rings. The first-order chi connectivity index (χ1) is 10.4. The Morgan fingerprint density at radius 3 is 2.55 bits per heavy atom. The van der Waals surface area contributed by atoms with E-state index in [1.165, 1.54) is 0 Å². The lowest BCUT2D eigenvalue weighted by Crippen LogP contribution is -2.37. The van der Waals surface area contributed by atoms with Gasteiger partial charge in [-0.1, -0.05) is 37.0 Å². The summed E-state index contributed by atoms with van der Waals surface area (Å²) in [5, 5.41) is 0.953. The predicted molar refractivity (Wildman–Crippen MR) is 88.7 cm³/mol. The lowest BCUT2D eigenvalue weighted by atomic mass is 9.95. The van der Waals surface area contributed by atoms with Crippen molar-refractivity contribution < 1.29 is 14.3 Å². The molecular weight excluding hydrogens is 323 g/mol. The Kier molecular flexibility index (Phi) is 6.27. The number of Topliss-reactive ketones (excluding diaryl/α,β-unsaturated/α-hetero) is 1. The molecule has 1 aromatic rings. The molecule has 1 heterocycles. The molecule has 0 saturated carbocycles. The van der Waals surface area contributed by atoms with Crippen LogP contribution in [0.3, 0.4) is 0 Å². The maximum atomic E-state index is 12.1. The Balaban J connectivity index is 1.69. The van der Waals surface area contributed by atoms with Gasteiger partial charge >= 0.3 is 0 Å². The number of hydrogen-bond donors (Lipinski definition) is 0. The Bertz CT molecular complexity index is 519. The van der Waals surface area contributed by atoms with E-state index in [1.807, 2.05) is 0 Å². The highest BCUT2D eigenvalue weighted by Gasteiger charge is 2.27. The third-order valence-corrected chi connectivity index (χ3v) is 4.19. The van der Waals surface area contributed by atoms with E-state index in [9.17, 15) is 4.79 Å². The topological polar surface area (TPSA) is 35.5 Å². The van der Waals surface area contributed by atoms with Crippen LogP contribution < -0.4 is 0 Å². The molecule has 0 bridgehead atoms. The van der Waals surface area contributed by atoms with Gasteiger partial charge in [0.2, 0.25) is 0 Å². The van der Waals surface area contributed by atoms with Crippen LogP contribution in [0.5, 0.6) is 0 Å². The molecule has 1 aliphatic heterocycles. The number of hydrogen-bond acceptors (Lipinski definition) is 3. The number of unbranched alkanes of at least 4 members (excludes halogenated alkanes) is 1. The van der Waals surface area contributed by atoms with E-state index >= 15 is 0 Å². The Morgan fingerprint density at radius 2 is 1.91 bits per heavy atom. The summed E-state index contributed by atoms with van der Waals surface area (Å²) in [4.78, 5) is 12.1. The largest absolute Gasteiger partial charge is 0.352 e. The third kappa shape index (κ3) is 5.24. The van der Waals surface area contributed by atoms with Crippen molar-refractivity contribution in [3.8, 4) is 0 Å². The van der Waals surface area contributed by atoms with E-state index in [0.29, 0.717) is 22.0 Å². The van der Waals surface area contributed by atoms with E-state index in [1.54, 1.807) is 18.2 Å². The SMILES string of the molecule is CC1(C)COC(CCCCC(=O)c2ccc(Cl)cc2Cl)OC1. The molecule has 0 atom stereocenters. The molecule has 1 aromatic carbocycles. The summed E-state index contributed by atoms with van der Waals surface area (Å²) in [5.74, 6) is 0.0493. The van der Waals surface area contributed by atoms with Gasteiger partial charge < -0.3 is 9.47 Å². The highest BCUT2D eigenvalue weighted by Crippen LogP contribution is 2.26. The van der Waals surface area contributed by atoms with Gasteiger partial charge in [0.1, 0.15) is 0 Å². The minimum absolute atomic E-state index is 0.0493. The fourth-order valence-electron chi connectivity index (χ4n) is 2.34. The van der Waals surface area contributed by atoms with Crippen LogP contribution in [0.4, 0.5) is 0 Å². The molecule has 5 heteroatoms. The molecule has 1 aliphatic rings. The minimum atomic E-state index is -0.137. The van der Waals surface area contributed by atoms with Crippen molar-refractivity contribution >= 4 is 29.0 Å². The van der Waals surface area contributed by atoms with Crippen LogP contribution in [0.1, 0.15) is 49.9 Å². The summed E-state index contributed by atoms with van der Waals surface area (Å²) in [6.45, 7) is 5.68. The Hall–Kier alpha value is -0.610. The lowest BCUT2D eigenvalue weighted by Gasteiger charge is -2.34. The third-order valence-electron chi connectivity index (χ3n) is 3.65. The quantitative estimate of drug-likeness (QED) is 0.529. The smallest absolute Gasteiger partial charge is 0.164 e. The number of halogens is 2. The molecule has 3 nitrogen and oxygen atoms in total. The number of ether oxygens (including phenoxy) is 2. The summed E-state index contributed by atoms with van der Waals surface area (Å²) in [6.07, 6.45) is 2.84. The Labute approximate surface area is 141 Å². The van der Waals surface area contributed by atoms with Gasteiger partial charge in [-0.15, -0.1) is 0 Å². The summed E-state index contributed by atoms with van der Waals surface area (Å²) in [5.41, 5.74) is 0.635. The number of carbonyl (C=O) groups is 1. The van der Waals surface area contributed by atoms with Gasteiger partial charge in [0.05, 0.1) is 18.2 Å². The van der Waals surface area contributed by atoms with E-state index in [0.717, 1.165) is 32.5 Å². The fraction of sp³-hybridized carbons (Fsp3) is 0.588. The summed E-state index contributed by atoms with van der Waals surface area (Å²) >= 11 is 11.9. The molecule has 0 aliphatic carbocycles. The maximum Gasteiger partial charge on any atom is 0.164 e. The van der Waals surface area contributed by atoms with Crippen molar-refractivity contribution in [3.05, 3.63) is 33.8 Å². The average molecular weight is 345 g/mol. The number of carbonyl (C=O) groups excluding carboxylic acids is 1. The van der Waals surface area contributed by atoms with Crippen LogP contribution in [0, 0.1) is 5.41 Å². The second-order valence-corrected chi connectivity index (χ2v) is 7.35. The normalized spacial score (nSPS) is 18.4. The molecule has 0 amide bonds.